The smallest absolute Gasteiger partial charge is 0.0598 e. The van der Waals surface area contributed by atoms with Crippen molar-refractivity contribution in [2.75, 3.05) is 11.9 Å². The minimum absolute atomic E-state index is 0.838. The van der Waals surface area contributed by atoms with Crippen LogP contribution in [0.15, 0.2) is 54.7 Å². The van der Waals surface area contributed by atoms with Crippen molar-refractivity contribution in [2.24, 2.45) is 0 Å². The molecule has 2 nitrogen and oxygen atoms in total. The Morgan fingerprint density at radius 1 is 1.00 bits per heavy atom. The fraction of sp³-hybridized carbons (Fsp3) is 0.154. The van der Waals surface area contributed by atoms with Gasteiger partial charge in [0.15, 0.2) is 0 Å². The number of nitrogens with zero attached hydrogens (tertiary/aromatic N) is 2. The third-order valence-electron chi connectivity index (χ3n) is 2.32. The summed E-state index contributed by atoms with van der Waals surface area (Å²) in [6, 6.07) is 16.3. The molecule has 2 rings (SSSR count). The highest BCUT2D eigenvalue weighted by molar-refractivity contribution is 5.45. The number of aromatic nitrogens is 1. The molecule has 0 radical (unpaired) electrons. The molecular weight excluding hydrogens is 184 g/mol. The van der Waals surface area contributed by atoms with Crippen LogP contribution in [0.3, 0.4) is 0 Å². The standard InChI is InChI=1S/C13H14N2/c1-15(13-8-3-2-4-9-13)11-12-7-5-6-10-14-12/h2-10H,11H2,1H3. The molecule has 0 unspecified atom stereocenters. The van der Waals surface area contributed by atoms with Crippen LogP contribution in [0.5, 0.6) is 0 Å². The van der Waals surface area contributed by atoms with Gasteiger partial charge in [-0.1, -0.05) is 24.3 Å². The SMILES string of the molecule is CN(Cc1ccccn1)c1ccccc1. The van der Waals surface area contributed by atoms with E-state index in [0.29, 0.717) is 0 Å². The molecule has 0 spiro atoms. The van der Waals surface area contributed by atoms with Crippen LogP contribution in [-0.4, -0.2) is 12.0 Å². The lowest BCUT2D eigenvalue weighted by molar-refractivity contribution is 0.885. The summed E-state index contributed by atoms with van der Waals surface area (Å²) in [7, 11) is 2.07. The van der Waals surface area contributed by atoms with Gasteiger partial charge in [-0.3, -0.25) is 4.98 Å². The lowest BCUT2D eigenvalue weighted by Crippen LogP contribution is -2.16. The van der Waals surface area contributed by atoms with Crippen LogP contribution in [0.4, 0.5) is 5.69 Å². The molecule has 0 saturated heterocycles. The molecule has 76 valence electrons. The predicted octanol–water partition coefficient (Wildman–Crippen LogP) is 2.72. The molecule has 15 heavy (non-hydrogen) atoms. The van der Waals surface area contributed by atoms with Crippen LogP contribution in [0, 0.1) is 0 Å². The normalized spacial score (nSPS) is 9.93. The Bertz CT molecular complexity index is 397. The largest absolute Gasteiger partial charge is 0.369 e. The third-order valence-corrected chi connectivity index (χ3v) is 2.32. The second-order valence-electron chi connectivity index (χ2n) is 3.51. The fourth-order valence-electron chi connectivity index (χ4n) is 1.51. The van der Waals surface area contributed by atoms with Gasteiger partial charge in [0.25, 0.3) is 0 Å². The Kier molecular flexibility index (Phi) is 2.98. The zero-order valence-corrected chi connectivity index (χ0v) is 8.80. The molecule has 1 aromatic heterocycles. The molecule has 2 aromatic rings. The van der Waals surface area contributed by atoms with Gasteiger partial charge in [-0.15, -0.1) is 0 Å². The molecule has 2 heteroatoms. The Balaban J connectivity index is 2.08. The lowest BCUT2D eigenvalue weighted by Gasteiger charge is -2.18. The molecule has 0 N–H and O–H groups in total. The second kappa shape index (κ2) is 4.60. The van der Waals surface area contributed by atoms with Gasteiger partial charge in [0.2, 0.25) is 0 Å². The minimum atomic E-state index is 0.838. The van der Waals surface area contributed by atoms with Gasteiger partial charge in [-0.05, 0) is 24.3 Å². The summed E-state index contributed by atoms with van der Waals surface area (Å²) in [5.41, 5.74) is 2.30. The maximum atomic E-state index is 4.30. The molecule has 0 aliphatic heterocycles. The van der Waals surface area contributed by atoms with Gasteiger partial charge in [-0.2, -0.15) is 0 Å². The van der Waals surface area contributed by atoms with Crippen molar-refractivity contribution < 1.29 is 0 Å². The summed E-state index contributed by atoms with van der Waals surface area (Å²) >= 11 is 0. The topological polar surface area (TPSA) is 16.1 Å². The summed E-state index contributed by atoms with van der Waals surface area (Å²) in [5.74, 6) is 0. The summed E-state index contributed by atoms with van der Waals surface area (Å²) < 4.78 is 0. The molecule has 0 fully saturated rings. The van der Waals surface area contributed by atoms with Crippen molar-refractivity contribution in [1.29, 1.82) is 0 Å². The highest BCUT2D eigenvalue weighted by Crippen LogP contribution is 2.13. The molecule has 1 heterocycles. The van der Waals surface area contributed by atoms with E-state index in [1.54, 1.807) is 0 Å². The van der Waals surface area contributed by atoms with Crippen molar-refractivity contribution in [2.45, 2.75) is 6.54 Å². The number of hydrogen-bond donors (Lipinski definition) is 0. The monoisotopic (exact) mass is 198 g/mol. The van der Waals surface area contributed by atoms with E-state index in [0.717, 1.165) is 12.2 Å². The maximum Gasteiger partial charge on any atom is 0.0598 e. The van der Waals surface area contributed by atoms with E-state index in [9.17, 15) is 0 Å². The predicted molar refractivity (Wildman–Crippen MR) is 62.8 cm³/mol. The number of pyridine rings is 1. The number of anilines is 1. The van der Waals surface area contributed by atoms with E-state index in [1.165, 1.54) is 5.69 Å². The zero-order valence-electron chi connectivity index (χ0n) is 8.80. The molecule has 0 aliphatic carbocycles. The van der Waals surface area contributed by atoms with Crippen LogP contribution in [0.25, 0.3) is 0 Å². The Morgan fingerprint density at radius 3 is 2.40 bits per heavy atom. The first-order valence-corrected chi connectivity index (χ1v) is 5.02. The zero-order chi connectivity index (χ0) is 10.5. The quantitative estimate of drug-likeness (QED) is 0.753. The van der Waals surface area contributed by atoms with E-state index in [2.05, 4.69) is 29.1 Å². The molecule has 0 amide bonds. The summed E-state index contributed by atoms with van der Waals surface area (Å²) in [4.78, 5) is 6.49. The summed E-state index contributed by atoms with van der Waals surface area (Å²) in [6.45, 7) is 0.838. The van der Waals surface area contributed by atoms with E-state index < -0.39 is 0 Å². The van der Waals surface area contributed by atoms with Crippen molar-refractivity contribution >= 4 is 5.69 Å². The second-order valence-corrected chi connectivity index (χ2v) is 3.51. The number of benzene rings is 1. The van der Waals surface area contributed by atoms with Gasteiger partial charge in [0, 0.05) is 18.9 Å². The van der Waals surface area contributed by atoms with Crippen molar-refractivity contribution in [3.05, 3.63) is 60.4 Å². The van der Waals surface area contributed by atoms with Gasteiger partial charge < -0.3 is 4.90 Å². The summed E-state index contributed by atoms with van der Waals surface area (Å²) in [6.07, 6.45) is 1.83. The van der Waals surface area contributed by atoms with Gasteiger partial charge in [0.1, 0.15) is 0 Å². The highest BCUT2D eigenvalue weighted by atomic mass is 15.1. The molecule has 1 aromatic carbocycles. The molecule has 0 saturated carbocycles. The van der Waals surface area contributed by atoms with Crippen molar-refractivity contribution in [1.82, 2.24) is 4.98 Å². The van der Waals surface area contributed by atoms with Gasteiger partial charge in [0.05, 0.1) is 12.2 Å². The maximum absolute atomic E-state index is 4.30. The van der Waals surface area contributed by atoms with Crippen LogP contribution < -0.4 is 4.90 Å². The van der Waals surface area contributed by atoms with E-state index in [-0.39, 0.29) is 0 Å². The van der Waals surface area contributed by atoms with Gasteiger partial charge >= 0.3 is 0 Å². The Hall–Kier alpha value is -1.83. The Labute approximate surface area is 90.2 Å². The van der Waals surface area contributed by atoms with E-state index in [4.69, 9.17) is 0 Å². The minimum Gasteiger partial charge on any atom is -0.369 e. The fourth-order valence-corrected chi connectivity index (χ4v) is 1.51. The van der Waals surface area contributed by atoms with Crippen LogP contribution in [0.2, 0.25) is 0 Å². The van der Waals surface area contributed by atoms with E-state index in [1.807, 2.05) is 42.6 Å². The van der Waals surface area contributed by atoms with Gasteiger partial charge in [-0.25, -0.2) is 0 Å². The number of para-hydroxylation sites is 1. The lowest BCUT2D eigenvalue weighted by atomic mass is 10.2. The highest BCUT2D eigenvalue weighted by Gasteiger charge is 2.00. The number of hydrogen-bond acceptors (Lipinski definition) is 2. The first kappa shape index (κ1) is 9.71. The number of rotatable bonds is 3. The molecule has 0 aliphatic rings. The van der Waals surface area contributed by atoms with Crippen LogP contribution >= 0.6 is 0 Å². The molecule has 0 atom stereocenters. The summed E-state index contributed by atoms with van der Waals surface area (Å²) in [5, 5.41) is 0. The average molecular weight is 198 g/mol. The van der Waals surface area contributed by atoms with Crippen LogP contribution in [-0.2, 0) is 6.54 Å². The third kappa shape index (κ3) is 2.56. The Morgan fingerprint density at radius 2 is 1.73 bits per heavy atom. The molecular formula is C13H14N2. The van der Waals surface area contributed by atoms with Crippen molar-refractivity contribution in [3.8, 4) is 0 Å². The first-order valence-electron chi connectivity index (χ1n) is 5.02. The van der Waals surface area contributed by atoms with Crippen LogP contribution in [0.1, 0.15) is 5.69 Å². The van der Waals surface area contributed by atoms with Crippen molar-refractivity contribution in [3.63, 3.8) is 0 Å². The average Bonchev–Trinajstić information content (AvgIpc) is 2.31. The molecule has 0 bridgehead atoms. The first-order chi connectivity index (χ1) is 7.36. The van der Waals surface area contributed by atoms with E-state index >= 15 is 0 Å².